The third-order valence-corrected chi connectivity index (χ3v) is 3.54. The van der Waals surface area contributed by atoms with E-state index in [0.29, 0.717) is 21.7 Å². The maximum Gasteiger partial charge on any atom is 0.137 e. The number of benzene rings is 2. The summed E-state index contributed by atoms with van der Waals surface area (Å²) in [6, 6.07) is 9.88. The molecule has 20 heavy (non-hydrogen) atoms. The Labute approximate surface area is 123 Å². The zero-order chi connectivity index (χ0) is 14.1. The van der Waals surface area contributed by atoms with Gasteiger partial charge in [-0.25, -0.2) is 4.39 Å². The van der Waals surface area contributed by atoms with Gasteiger partial charge in [0, 0.05) is 28.9 Å². The minimum absolute atomic E-state index is 0.330. The summed E-state index contributed by atoms with van der Waals surface area (Å²) < 4.78 is 19.4. The molecule has 0 saturated heterocycles. The summed E-state index contributed by atoms with van der Waals surface area (Å²) in [4.78, 5) is 4.05. The highest BCUT2D eigenvalue weighted by molar-refractivity contribution is 9.10. The fraction of sp³-hybridized carbons (Fsp3) is 0. The monoisotopic (exact) mass is 332 g/mol. The predicted molar refractivity (Wildman–Crippen MR) is 80.3 cm³/mol. The normalized spacial score (nSPS) is 10.7. The fourth-order valence-electron chi connectivity index (χ4n) is 1.94. The molecule has 0 radical (unpaired) electrons. The molecule has 0 fully saturated rings. The van der Waals surface area contributed by atoms with E-state index in [-0.39, 0.29) is 5.82 Å². The van der Waals surface area contributed by atoms with Gasteiger partial charge >= 0.3 is 0 Å². The van der Waals surface area contributed by atoms with E-state index in [1.807, 2.05) is 6.07 Å². The molecule has 0 amide bonds. The van der Waals surface area contributed by atoms with Gasteiger partial charge in [0.25, 0.3) is 0 Å². The molecule has 1 aromatic heterocycles. The van der Waals surface area contributed by atoms with Crippen LogP contribution in [-0.2, 0) is 0 Å². The van der Waals surface area contributed by atoms with Gasteiger partial charge < -0.3 is 10.5 Å². The Morgan fingerprint density at radius 2 is 1.95 bits per heavy atom. The summed E-state index contributed by atoms with van der Waals surface area (Å²) in [5.41, 5.74) is 6.55. The number of hydrogen-bond acceptors (Lipinski definition) is 3. The average Bonchev–Trinajstić information content (AvgIpc) is 2.46. The number of rotatable bonds is 2. The largest absolute Gasteiger partial charge is 0.457 e. The molecule has 3 rings (SSSR count). The van der Waals surface area contributed by atoms with Gasteiger partial charge in [-0.3, -0.25) is 4.98 Å². The van der Waals surface area contributed by atoms with Crippen molar-refractivity contribution in [2.75, 3.05) is 5.73 Å². The second-order valence-electron chi connectivity index (χ2n) is 4.25. The van der Waals surface area contributed by atoms with Crippen LogP contribution < -0.4 is 10.5 Å². The van der Waals surface area contributed by atoms with Gasteiger partial charge in [-0.15, -0.1) is 0 Å². The summed E-state index contributed by atoms with van der Waals surface area (Å²) in [5, 5.41) is 1.69. The highest BCUT2D eigenvalue weighted by Gasteiger charge is 2.07. The van der Waals surface area contributed by atoms with E-state index >= 15 is 0 Å². The van der Waals surface area contributed by atoms with Crippen LogP contribution in [0.4, 0.5) is 10.1 Å². The lowest BCUT2D eigenvalue weighted by Crippen LogP contribution is -1.91. The van der Waals surface area contributed by atoms with Crippen molar-refractivity contribution in [3.63, 3.8) is 0 Å². The number of ether oxygens (including phenoxy) is 1. The lowest BCUT2D eigenvalue weighted by molar-refractivity contribution is 0.485. The number of nitrogen functional groups attached to an aromatic ring is 1. The molecule has 0 atom stereocenters. The van der Waals surface area contributed by atoms with Crippen molar-refractivity contribution in [3.05, 3.63) is 59.1 Å². The summed E-state index contributed by atoms with van der Waals surface area (Å²) >= 11 is 3.14. The first-order valence-electron chi connectivity index (χ1n) is 5.90. The Balaban J connectivity index is 2.06. The Bertz CT molecular complexity index is 792. The van der Waals surface area contributed by atoms with E-state index < -0.39 is 0 Å². The van der Waals surface area contributed by atoms with Crippen LogP contribution in [0, 0.1) is 5.82 Å². The maximum absolute atomic E-state index is 13.2. The zero-order valence-electron chi connectivity index (χ0n) is 10.3. The topological polar surface area (TPSA) is 48.1 Å². The third-order valence-electron chi connectivity index (χ3n) is 2.93. The molecule has 1 heterocycles. The van der Waals surface area contributed by atoms with Crippen molar-refractivity contribution >= 4 is 32.4 Å². The van der Waals surface area contributed by atoms with Crippen LogP contribution in [0.5, 0.6) is 11.5 Å². The van der Waals surface area contributed by atoms with E-state index in [9.17, 15) is 4.39 Å². The van der Waals surface area contributed by atoms with Crippen LogP contribution in [0.2, 0.25) is 0 Å². The molecule has 2 aromatic carbocycles. The molecule has 0 unspecified atom stereocenters. The van der Waals surface area contributed by atoms with Gasteiger partial charge in [0.1, 0.15) is 17.3 Å². The van der Waals surface area contributed by atoms with Gasteiger partial charge in [0.15, 0.2) is 0 Å². The van der Waals surface area contributed by atoms with E-state index in [4.69, 9.17) is 10.5 Å². The van der Waals surface area contributed by atoms with E-state index in [1.165, 1.54) is 6.07 Å². The van der Waals surface area contributed by atoms with Gasteiger partial charge in [0.2, 0.25) is 0 Å². The van der Waals surface area contributed by atoms with Gasteiger partial charge in [0.05, 0.1) is 4.47 Å². The minimum atomic E-state index is -0.330. The first-order valence-corrected chi connectivity index (χ1v) is 6.69. The fourth-order valence-corrected chi connectivity index (χ4v) is 2.30. The van der Waals surface area contributed by atoms with Crippen molar-refractivity contribution < 1.29 is 9.13 Å². The summed E-state index contributed by atoms with van der Waals surface area (Å²) in [6.07, 6.45) is 3.37. The third kappa shape index (κ3) is 2.32. The van der Waals surface area contributed by atoms with Crippen molar-refractivity contribution in [1.29, 1.82) is 0 Å². The Morgan fingerprint density at radius 1 is 1.10 bits per heavy atom. The average molecular weight is 333 g/mol. The molecule has 5 heteroatoms. The summed E-state index contributed by atoms with van der Waals surface area (Å²) in [6.45, 7) is 0. The van der Waals surface area contributed by atoms with Crippen molar-refractivity contribution in [2.24, 2.45) is 0 Å². The molecule has 0 aliphatic rings. The zero-order valence-corrected chi connectivity index (χ0v) is 11.9. The van der Waals surface area contributed by atoms with Gasteiger partial charge in [-0.05, 0) is 52.3 Å². The number of pyridine rings is 1. The number of halogens is 2. The minimum Gasteiger partial charge on any atom is -0.457 e. The molecule has 0 spiro atoms. The Morgan fingerprint density at radius 3 is 2.75 bits per heavy atom. The number of anilines is 1. The summed E-state index contributed by atoms with van der Waals surface area (Å²) in [7, 11) is 0. The van der Waals surface area contributed by atoms with E-state index in [0.717, 1.165) is 10.8 Å². The second-order valence-corrected chi connectivity index (χ2v) is 5.11. The molecule has 0 aliphatic heterocycles. The van der Waals surface area contributed by atoms with Gasteiger partial charge in [-0.1, -0.05) is 0 Å². The number of nitrogens with zero attached hydrogens (tertiary/aromatic N) is 1. The number of fused-ring (bicyclic) bond motifs is 1. The molecule has 0 aliphatic carbocycles. The molecule has 100 valence electrons. The predicted octanol–water partition coefficient (Wildman–Crippen LogP) is 4.51. The number of nitrogens with two attached hydrogens (primary N) is 1. The second kappa shape index (κ2) is 5.09. The van der Waals surface area contributed by atoms with Crippen LogP contribution in [-0.4, -0.2) is 4.98 Å². The molecule has 2 N–H and O–H groups in total. The molecular weight excluding hydrogens is 323 g/mol. The number of hydrogen-bond donors (Lipinski definition) is 1. The quantitative estimate of drug-likeness (QED) is 0.702. The lowest BCUT2D eigenvalue weighted by Gasteiger charge is -2.10. The number of aromatic nitrogens is 1. The molecule has 3 nitrogen and oxygen atoms in total. The molecule has 0 bridgehead atoms. The highest BCUT2D eigenvalue weighted by Crippen LogP contribution is 2.33. The van der Waals surface area contributed by atoms with Crippen LogP contribution in [0.1, 0.15) is 0 Å². The first-order chi connectivity index (χ1) is 9.65. The molecular formula is C15H10BrFN2O. The van der Waals surface area contributed by atoms with E-state index in [1.54, 1.807) is 36.7 Å². The summed E-state index contributed by atoms with van der Waals surface area (Å²) in [5.74, 6) is 0.861. The van der Waals surface area contributed by atoms with Crippen LogP contribution in [0.15, 0.2) is 53.3 Å². The van der Waals surface area contributed by atoms with E-state index in [2.05, 4.69) is 20.9 Å². The Kier molecular flexibility index (Phi) is 3.28. The molecule has 3 aromatic rings. The van der Waals surface area contributed by atoms with Crippen LogP contribution in [0.3, 0.4) is 0 Å². The lowest BCUT2D eigenvalue weighted by atomic mass is 10.1. The highest BCUT2D eigenvalue weighted by atomic mass is 79.9. The van der Waals surface area contributed by atoms with Gasteiger partial charge in [-0.2, -0.15) is 0 Å². The van der Waals surface area contributed by atoms with Crippen LogP contribution >= 0.6 is 15.9 Å². The SMILES string of the molecule is Nc1ccc(Oc2ccc(F)c(Br)c2)c2ccncc12. The smallest absolute Gasteiger partial charge is 0.137 e. The maximum atomic E-state index is 13.2. The standard InChI is InChI=1S/C15H10BrFN2O/c16-12-7-9(1-2-13(12)17)20-15-4-3-14(18)11-8-19-6-5-10(11)15/h1-8H,18H2. The molecule has 0 saturated carbocycles. The van der Waals surface area contributed by atoms with Crippen molar-refractivity contribution in [2.45, 2.75) is 0 Å². The van der Waals surface area contributed by atoms with Crippen molar-refractivity contribution in [3.8, 4) is 11.5 Å². The Hall–Kier alpha value is -2.14. The van der Waals surface area contributed by atoms with Crippen LogP contribution in [0.25, 0.3) is 10.8 Å². The van der Waals surface area contributed by atoms with Crippen molar-refractivity contribution in [1.82, 2.24) is 4.98 Å². The first kappa shape index (κ1) is 12.9.